The van der Waals surface area contributed by atoms with E-state index in [1.807, 2.05) is 31.2 Å². The second-order valence-corrected chi connectivity index (χ2v) is 5.38. The van der Waals surface area contributed by atoms with Crippen LogP contribution in [0.3, 0.4) is 0 Å². The summed E-state index contributed by atoms with van der Waals surface area (Å²) in [4.78, 5) is 8.61. The van der Waals surface area contributed by atoms with Gasteiger partial charge in [-0.05, 0) is 37.6 Å². The highest BCUT2D eigenvalue weighted by molar-refractivity contribution is 5.65. The van der Waals surface area contributed by atoms with Crippen molar-refractivity contribution in [2.75, 3.05) is 10.6 Å². The third kappa shape index (κ3) is 3.65. The van der Waals surface area contributed by atoms with E-state index in [2.05, 4.69) is 20.6 Å². The van der Waals surface area contributed by atoms with E-state index in [1.54, 1.807) is 13.0 Å². The second kappa shape index (κ2) is 6.62. The van der Waals surface area contributed by atoms with Crippen molar-refractivity contribution in [1.29, 1.82) is 0 Å². The maximum atomic E-state index is 13.3. The molecule has 0 amide bonds. The van der Waals surface area contributed by atoms with Crippen molar-refractivity contribution >= 4 is 23.0 Å². The minimum Gasteiger partial charge on any atom is -0.340 e. The average Bonchev–Trinajstić information content (AvgIpc) is 2.53. The molecule has 2 N–H and O–H groups in total. The molecular weight excluding hydrogens is 310 g/mol. The molecule has 0 aliphatic carbocycles. The Hall–Kier alpha value is -3.02. The van der Waals surface area contributed by atoms with Gasteiger partial charge in [0, 0.05) is 23.5 Å². The Bertz CT molecular complexity index is 881. The fraction of sp³-hybridized carbons (Fsp3) is 0.111. The number of aromatic nitrogens is 2. The monoisotopic (exact) mass is 326 g/mol. The number of hydrogen-bond acceptors (Lipinski definition) is 4. The van der Waals surface area contributed by atoms with Gasteiger partial charge in [0.05, 0.1) is 0 Å². The van der Waals surface area contributed by atoms with Gasteiger partial charge in [0.15, 0.2) is 11.6 Å². The van der Waals surface area contributed by atoms with Gasteiger partial charge in [0.1, 0.15) is 17.5 Å². The molecule has 6 heteroatoms. The van der Waals surface area contributed by atoms with E-state index in [0.717, 1.165) is 23.4 Å². The van der Waals surface area contributed by atoms with E-state index in [0.29, 0.717) is 23.1 Å². The summed E-state index contributed by atoms with van der Waals surface area (Å²) in [5.74, 6) is -0.143. The number of nitrogens with zero attached hydrogens (tertiary/aromatic N) is 2. The molecule has 0 radical (unpaired) electrons. The van der Waals surface area contributed by atoms with Gasteiger partial charge in [-0.25, -0.2) is 18.7 Å². The van der Waals surface area contributed by atoms with Gasteiger partial charge >= 0.3 is 0 Å². The molecule has 0 unspecified atom stereocenters. The number of benzene rings is 2. The normalized spacial score (nSPS) is 10.5. The first kappa shape index (κ1) is 15.9. The summed E-state index contributed by atoms with van der Waals surface area (Å²) in [5, 5.41) is 6.19. The Morgan fingerprint density at radius 1 is 0.792 bits per heavy atom. The molecule has 2 aromatic carbocycles. The van der Waals surface area contributed by atoms with Crippen molar-refractivity contribution in [3.63, 3.8) is 0 Å². The predicted molar refractivity (Wildman–Crippen MR) is 90.9 cm³/mol. The summed E-state index contributed by atoms with van der Waals surface area (Å²) < 4.78 is 26.3. The highest BCUT2D eigenvalue weighted by Gasteiger charge is 2.07. The molecule has 0 spiro atoms. The summed E-state index contributed by atoms with van der Waals surface area (Å²) in [6, 6.07) is 13.2. The van der Waals surface area contributed by atoms with Crippen LogP contribution < -0.4 is 10.6 Å². The molecule has 0 aliphatic heterocycles. The Balaban J connectivity index is 1.86. The fourth-order valence-corrected chi connectivity index (χ4v) is 2.27. The largest absolute Gasteiger partial charge is 0.340 e. The van der Waals surface area contributed by atoms with Crippen LogP contribution in [0.2, 0.25) is 0 Å². The van der Waals surface area contributed by atoms with Crippen LogP contribution in [0.15, 0.2) is 48.5 Å². The van der Waals surface area contributed by atoms with Crippen molar-refractivity contribution in [2.45, 2.75) is 13.8 Å². The maximum Gasteiger partial charge on any atom is 0.160 e. The predicted octanol–water partition coefficient (Wildman–Crippen LogP) is 4.86. The first-order chi connectivity index (χ1) is 11.5. The summed E-state index contributed by atoms with van der Waals surface area (Å²) in [5.41, 5.74) is 2.44. The first-order valence-corrected chi connectivity index (χ1v) is 7.42. The van der Waals surface area contributed by atoms with Crippen molar-refractivity contribution in [1.82, 2.24) is 9.97 Å². The van der Waals surface area contributed by atoms with Crippen LogP contribution in [-0.4, -0.2) is 9.97 Å². The van der Waals surface area contributed by atoms with Crippen LogP contribution in [0.5, 0.6) is 0 Å². The van der Waals surface area contributed by atoms with Gasteiger partial charge < -0.3 is 10.6 Å². The molecule has 3 rings (SSSR count). The first-order valence-electron chi connectivity index (χ1n) is 7.42. The summed E-state index contributed by atoms with van der Waals surface area (Å²) >= 11 is 0. The van der Waals surface area contributed by atoms with Crippen molar-refractivity contribution in [2.24, 2.45) is 0 Å². The Morgan fingerprint density at radius 3 is 2.21 bits per heavy atom. The molecule has 0 bridgehead atoms. The molecule has 0 atom stereocenters. The minimum atomic E-state index is -0.913. The van der Waals surface area contributed by atoms with E-state index < -0.39 is 11.6 Å². The highest BCUT2D eigenvalue weighted by atomic mass is 19.2. The van der Waals surface area contributed by atoms with Crippen LogP contribution in [-0.2, 0) is 0 Å². The van der Waals surface area contributed by atoms with Gasteiger partial charge in [-0.2, -0.15) is 0 Å². The lowest BCUT2D eigenvalue weighted by Gasteiger charge is -2.12. The van der Waals surface area contributed by atoms with E-state index in [1.165, 1.54) is 6.07 Å². The molecule has 0 aliphatic rings. The number of nitrogens with one attached hydrogen (secondary N) is 2. The van der Waals surface area contributed by atoms with Crippen LogP contribution in [0.25, 0.3) is 0 Å². The highest BCUT2D eigenvalue weighted by Crippen LogP contribution is 2.23. The molecular formula is C18H16F2N4. The third-order valence-electron chi connectivity index (χ3n) is 3.44. The molecule has 1 aromatic heterocycles. The van der Waals surface area contributed by atoms with Crippen LogP contribution in [0.4, 0.5) is 31.8 Å². The average molecular weight is 326 g/mol. The quantitative estimate of drug-likeness (QED) is 0.719. The Morgan fingerprint density at radius 2 is 1.50 bits per heavy atom. The smallest absolute Gasteiger partial charge is 0.160 e. The Kier molecular flexibility index (Phi) is 4.37. The molecule has 24 heavy (non-hydrogen) atoms. The lowest BCUT2D eigenvalue weighted by molar-refractivity contribution is 0.509. The lowest BCUT2D eigenvalue weighted by Crippen LogP contribution is -2.02. The van der Waals surface area contributed by atoms with E-state index in [9.17, 15) is 8.78 Å². The van der Waals surface area contributed by atoms with Crippen molar-refractivity contribution in [3.05, 3.63) is 71.6 Å². The number of anilines is 4. The molecule has 0 saturated heterocycles. The zero-order valence-corrected chi connectivity index (χ0v) is 13.3. The topological polar surface area (TPSA) is 49.8 Å². The van der Waals surface area contributed by atoms with Crippen molar-refractivity contribution < 1.29 is 8.78 Å². The SMILES string of the molecule is Cc1nc(Nc2ccc(F)c(F)c2)cc(Nc2ccccc2C)n1. The van der Waals surface area contributed by atoms with Gasteiger partial charge in [-0.3, -0.25) is 0 Å². The zero-order chi connectivity index (χ0) is 17.1. The van der Waals surface area contributed by atoms with Crippen LogP contribution in [0, 0.1) is 25.5 Å². The maximum absolute atomic E-state index is 13.3. The number of aryl methyl sites for hydroxylation is 2. The van der Waals surface area contributed by atoms with Crippen molar-refractivity contribution in [3.8, 4) is 0 Å². The summed E-state index contributed by atoms with van der Waals surface area (Å²) in [7, 11) is 0. The second-order valence-electron chi connectivity index (χ2n) is 5.38. The molecule has 1 heterocycles. The van der Waals surface area contributed by atoms with Crippen LogP contribution >= 0.6 is 0 Å². The zero-order valence-electron chi connectivity index (χ0n) is 13.3. The number of para-hydroxylation sites is 1. The fourth-order valence-electron chi connectivity index (χ4n) is 2.27. The molecule has 4 nitrogen and oxygen atoms in total. The Labute approximate surface area is 138 Å². The van der Waals surface area contributed by atoms with Gasteiger partial charge in [0.25, 0.3) is 0 Å². The summed E-state index contributed by atoms with van der Waals surface area (Å²) in [6.07, 6.45) is 0. The molecule has 3 aromatic rings. The summed E-state index contributed by atoms with van der Waals surface area (Å²) in [6.45, 7) is 3.76. The minimum absolute atomic E-state index is 0.411. The standard InChI is InChI=1S/C18H16F2N4/c1-11-5-3-4-6-16(11)24-18-10-17(21-12(2)22-18)23-13-7-8-14(19)15(20)9-13/h3-10H,1-2H3,(H2,21,22,23,24). The van der Waals surface area contributed by atoms with Gasteiger partial charge in [0.2, 0.25) is 0 Å². The molecule has 122 valence electrons. The van der Waals surface area contributed by atoms with Crippen LogP contribution in [0.1, 0.15) is 11.4 Å². The number of halogens is 2. The molecule has 0 fully saturated rings. The van der Waals surface area contributed by atoms with Gasteiger partial charge in [-0.15, -0.1) is 0 Å². The van der Waals surface area contributed by atoms with E-state index in [-0.39, 0.29) is 0 Å². The van der Waals surface area contributed by atoms with Gasteiger partial charge in [-0.1, -0.05) is 18.2 Å². The van der Waals surface area contributed by atoms with E-state index in [4.69, 9.17) is 0 Å². The number of hydrogen-bond donors (Lipinski definition) is 2. The number of rotatable bonds is 4. The third-order valence-corrected chi connectivity index (χ3v) is 3.44. The lowest BCUT2D eigenvalue weighted by atomic mass is 10.2. The molecule has 0 saturated carbocycles. The van der Waals surface area contributed by atoms with E-state index >= 15 is 0 Å².